The van der Waals surface area contributed by atoms with Crippen LogP contribution in [0.3, 0.4) is 0 Å². The average molecular weight is 253 g/mol. The fraction of sp³-hybridized carbons (Fsp3) is 0.125. The summed E-state index contributed by atoms with van der Waals surface area (Å²) >= 11 is 0. The van der Waals surface area contributed by atoms with Crippen LogP contribution < -0.4 is 9.47 Å². The van der Waals surface area contributed by atoms with Gasteiger partial charge in [0.25, 0.3) is 0 Å². The first kappa shape index (κ1) is 11.7. The number of fused-ring (bicyclic) bond motifs is 1. The third-order valence-corrected chi connectivity index (χ3v) is 3.23. The van der Waals surface area contributed by atoms with E-state index in [4.69, 9.17) is 9.47 Å². The first-order valence-electron chi connectivity index (χ1n) is 6.11. The summed E-state index contributed by atoms with van der Waals surface area (Å²) in [5.41, 5.74) is 2.23. The molecule has 3 heteroatoms. The van der Waals surface area contributed by atoms with Gasteiger partial charge in [0.1, 0.15) is 11.5 Å². The highest BCUT2D eigenvalue weighted by molar-refractivity contribution is 5.83. The summed E-state index contributed by atoms with van der Waals surface area (Å²) in [4.78, 5) is 0. The van der Waals surface area contributed by atoms with Crippen LogP contribution in [-0.2, 0) is 0 Å². The molecule has 0 amide bonds. The topological polar surface area (TPSA) is 23.4 Å². The molecule has 0 saturated heterocycles. The number of rotatable bonds is 3. The molecule has 1 aromatic heterocycles. The molecule has 0 radical (unpaired) electrons. The van der Waals surface area contributed by atoms with Crippen molar-refractivity contribution in [1.82, 2.24) is 4.57 Å². The Labute approximate surface area is 112 Å². The van der Waals surface area contributed by atoms with Gasteiger partial charge in [-0.3, -0.25) is 0 Å². The fourth-order valence-electron chi connectivity index (χ4n) is 2.23. The fourth-order valence-corrected chi connectivity index (χ4v) is 2.23. The number of ether oxygens (including phenoxy) is 2. The van der Waals surface area contributed by atoms with Crippen molar-refractivity contribution in [3.63, 3.8) is 0 Å². The molecule has 19 heavy (non-hydrogen) atoms. The van der Waals surface area contributed by atoms with Gasteiger partial charge in [-0.05, 0) is 36.4 Å². The smallest absolute Gasteiger partial charge is 0.120 e. The Balaban J connectivity index is 2.14. The molecule has 0 aliphatic carbocycles. The van der Waals surface area contributed by atoms with E-state index in [1.54, 1.807) is 14.2 Å². The van der Waals surface area contributed by atoms with E-state index in [1.807, 2.05) is 30.3 Å². The molecule has 0 unspecified atom stereocenters. The van der Waals surface area contributed by atoms with E-state index in [2.05, 4.69) is 29.0 Å². The SMILES string of the molecule is COc1cccc(-n2ccc3cc(OC)ccc32)c1. The van der Waals surface area contributed by atoms with Gasteiger partial charge in [-0.1, -0.05) is 6.07 Å². The number of benzene rings is 2. The lowest BCUT2D eigenvalue weighted by Gasteiger charge is -2.08. The van der Waals surface area contributed by atoms with Crippen LogP contribution in [-0.4, -0.2) is 18.8 Å². The molecule has 3 nitrogen and oxygen atoms in total. The molecule has 0 N–H and O–H groups in total. The van der Waals surface area contributed by atoms with E-state index < -0.39 is 0 Å². The maximum Gasteiger partial charge on any atom is 0.120 e. The second-order valence-corrected chi connectivity index (χ2v) is 4.31. The van der Waals surface area contributed by atoms with Crippen molar-refractivity contribution in [3.05, 3.63) is 54.7 Å². The first-order valence-corrected chi connectivity index (χ1v) is 6.11. The minimum Gasteiger partial charge on any atom is -0.497 e. The van der Waals surface area contributed by atoms with Crippen molar-refractivity contribution in [2.75, 3.05) is 14.2 Å². The number of aromatic nitrogens is 1. The van der Waals surface area contributed by atoms with Gasteiger partial charge in [-0.15, -0.1) is 0 Å². The van der Waals surface area contributed by atoms with Crippen molar-refractivity contribution in [2.45, 2.75) is 0 Å². The van der Waals surface area contributed by atoms with Crippen LogP contribution in [0, 0.1) is 0 Å². The lowest BCUT2D eigenvalue weighted by Crippen LogP contribution is -1.93. The molecule has 3 rings (SSSR count). The molecule has 0 spiro atoms. The van der Waals surface area contributed by atoms with Gasteiger partial charge in [-0.2, -0.15) is 0 Å². The van der Waals surface area contributed by atoms with Crippen molar-refractivity contribution < 1.29 is 9.47 Å². The summed E-state index contributed by atoms with van der Waals surface area (Å²) < 4.78 is 12.6. The molecule has 0 atom stereocenters. The van der Waals surface area contributed by atoms with Crippen LogP contribution in [0.25, 0.3) is 16.6 Å². The lowest BCUT2D eigenvalue weighted by molar-refractivity contribution is 0.414. The van der Waals surface area contributed by atoms with E-state index in [1.165, 1.54) is 0 Å². The monoisotopic (exact) mass is 253 g/mol. The molecule has 3 aromatic rings. The Kier molecular flexibility index (Phi) is 2.88. The maximum atomic E-state index is 5.27. The molecule has 0 saturated carbocycles. The molecule has 2 aromatic carbocycles. The highest BCUT2D eigenvalue weighted by Gasteiger charge is 2.05. The van der Waals surface area contributed by atoms with Gasteiger partial charge < -0.3 is 14.0 Å². The minimum atomic E-state index is 0.855. The van der Waals surface area contributed by atoms with Crippen molar-refractivity contribution in [3.8, 4) is 17.2 Å². The summed E-state index contributed by atoms with van der Waals surface area (Å²) in [6.07, 6.45) is 2.05. The first-order chi connectivity index (χ1) is 9.31. The Bertz CT molecular complexity index is 716. The summed E-state index contributed by atoms with van der Waals surface area (Å²) in [5, 5.41) is 1.15. The second-order valence-electron chi connectivity index (χ2n) is 4.31. The van der Waals surface area contributed by atoms with Gasteiger partial charge >= 0.3 is 0 Å². The molecule has 0 aliphatic rings. The van der Waals surface area contributed by atoms with Crippen LogP contribution in [0.15, 0.2) is 54.7 Å². The van der Waals surface area contributed by atoms with Crippen molar-refractivity contribution in [2.24, 2.45) is 0 Å². The van der Waals surface area contributed by atoms with Crippen molar-refractivity contribution in [1.29, 1.82) is 0 Å². The van der Waals surface area contributed by atoms with E-state index in [0.29, 0.717) is 0 Å². The van der Waals surface area contributed by atoms with Gasteiger partial charge in [-0.25, -0.2) is 0 Å². The Morgan fingerprint density at radius 3 is 2.42 bits per heavy atom. The number of methoxy groups -OCH3 is 2. The van der Waals surface area contributed by atoms with Gasteiger partial charge in [0.15, 0.2) is 0 Å². The van der Waals surface area contributed by atoms with Crippen LogP contribution in [0.4, 0.5) is 0 Å². The predicted octanol–water partition coefficient (Wildman–Crippen LogP) is 3.65. The Hall–Kier alpha value is -2.42. The van der Waals surface area contributed by atoms with Crippen LogP contribution in [0.2, 0.25) is 0 Å². The minimum absolute atomic E-state index is 0.855. The number of hydrogen-bond donors (Lipinski definition) is 0. The van der Waals surface area contributed by atoms with Crippen molar-refractivity contribution >= 4 is 10.9 Å². The quantitative estimate of drug-likeness (QED) is 0.711. The maximum absolute atomic E-state index is 5.27. The van der Waals surface area contributed by atoms with E-state index in [0.717, 1.165) is 28.1 Å². The number of nitrogens with zero attached hydrogens (tertiary/aromatic N) is 1. The van der Waals surface area contributed by atoms with E-state index in [-0.39, 0.29) is 0 Å². The van der Waals surface area contributed by atoms with Crippen LogP contribution in [0.5, 0.6) is 11.5 Å². The Morgan fingerprint density at radius 1 is 0.842 bits per heavy atom. The average Bonchev–Trinajstić information content (AvgIpc) is 2.90. The molecular formula is C16H15NO2. The summed E-state index contributed by atoms with van der Waals surface area (Å²) in [6, 6.07) is 16.2. The number of hydrogen-bond acceptors (Lipinski definition) is 2. The molecule has 0 fully saturated rings. The van der Waals surface area contributed by atoms with E-state index in [9.17, 15) is 0 Å². The second kappa shape index (κ2) is 4.69. The van der Waals surface area contributed by atoms with E-state index >= 15 is 0 Å². The summed E-state index contributed by atoms with van der Waals surface area (Å²) in [7, 11) is 3.36. The van der Waals surface area contributed by atoms with Gasteiger partial charge in [0, 0.05) is 23.3 Å². The van der Waals surface area contributed by atoms with Crippen LogP contribution >= 0.6 is 0 Å². The molecule has 96 valence electrons. The summed E-state index contributed by atoms with van der Waals surface area (Å²) in [5.74, 6) is 1.73. The zero-order valence-corrected chi connectivity index (χ0v) is 11.0. The predicted molar refractivity (Wildman–Crippen MR) is 76.4 cm³/mol. The van der Waals surface area contributed by atoms with Gasteiger partial charge in [0.2, 0.25) is 0 Å². The molecule has 0 bridgehead atoms. The third-order valence-electron chi connectivity index (χ3n) is 3.23. The molecule has 0 aliphatic heterocycles. The van der Waals surface area contributed by atoms with Gasteiger partial charge in [0.05, 0.1) is 19.7 Å². The molecule has 1 heterocycles. The lowest BCUT2D eigenvalue weighted by atomic mass is 10.2. The normalized spacial score (nSPS) is 10.6. The zero-order valence-electron chi connectivity index (χ0n) is 11.0. The third kappa shape index (κ3) is 2.03. The Morgan fingerprint density at radius 2 is 1.63 bits per heavy atom. The highest BCUT2D eigenvalue weighted by Crippen LogP contribution is 2.26. The summed E-state index contributed by atoms with van der Waals surface area (Å²) in [6.45, 7) is 0. The zero-order chi connectivity index (χ0) is 13.2. The molecular weight excluding hydrogens is 238 g/mol. The standard InChI is InChI=1S/C16H15NO2/c1-18-14-5-3-4-13(11-14)17-9-8-12-10-15(19-2)6-7-16(12)17/h3-11H,1-2H3. The van der Waals surface area contributed by atoms with Crippen LogP contribution in [0.1, 0.15) is 0 Å². The highest BCUT2D eigenvalue weighted by atomic mass is 16.5. The largest absolute Gasteiger partial charge is 0.497 e.